The van der Waals surface area contributed by atoms with Gasteiger partial charge in [0.2, 0.25) is 0 Å². The number of allylic oxidation sites excluding steroid dienone is 1. The Balaban J connectivity index is 2.58. The number of likely N-dealkylation sites (tertiary alicyclic amines) is 1. The molecule has 16 heavy (non-hydrogen) atoms. The zero-order valence-corrected chi connectivity index (χ0v) is 10.7. The van der Waals surface area contributed by atoms with E-state index in [0.29, 0.717) is 12.6 Å². The van der Waals surface area contributed by atoms with Gasteiger partial charge in [-0.3, -0.25) is 0 Å². The molecule has 0 spiro atoms. The molecule has 1 aliphatic heterocycles. The van der Waals surface area contributed by atoms with Gasteiger partial charge in [-0.25, -0.2) is 0 Å². The molecule has 1 aliphatic rings. The monoisotopic (exact) mass is 225 g/mol. The van der Waals surface area contributed by atoms with Gasteiger partial charge in [0, 0.05) is 26.5 Å². The van der Waals surface area contributed by atoms with Crippen LogP contribution in [0.1, 0.15) is 19.8 Å². The number of hydrogen-bond donors (Lipinski definition) is 0. The Hall–Kier alpha value is -0.800. The maximum Gasteiger partial charge on any atom is 0.0666 e. The van der Waals surface area contributed by atoms with E-state index < -0.39 is 0 Å². The fraction of sp³-hybridized carbons (Fsp3) is 0.692. The van der Waals surface area contributed by atoms with Crippen molar-refractivity contribution in [2.75, 3.05) is 34.0 Å². The average Bonchev–Trinajstić information content (AvgIpc) is 2.73. The van der Waals surface area contributed by atoms with Crippen molar-refractivity contribution in [3.8, 4) is 0 Å². The number of nitrogens with zero attached hydrogens (tertiary/aromatic N) is 1. The second kappa shape index (κ2) is 6.71. The van der Waals surface area contributed by atoms with E-state index in [4.69, 9.17) is 9.47 Å². The highest BCUT2D eigenvalue weighted by Gasteiger charge is 2.25. The Kier molecular flexibility index (Phi) is 5.56. The van der Waals surface area contributed by atoms with E-state index >= 15 is 0 Å². The molecule has 3 heteroatoms. The summed E-state index contributed by atoms with van der Waals surface area (Å²) in [6, 6.07) is 0.489. The molecular weight excluding hydrogens is 202 g/mol. The summed E-state index contributed by atoms with van der Waals surface area (Å²) in [5.41, 5.74) is 2.31. The minimum Gasteiger partial charge on any atom is -0.383 e. The summed E-state index contributed by atoms with van der Waals surface area (Å²) in [5, 5.41) is 0. The smallest absolute Gasteiger partial charge is 0.0666 e. The van der Waals surface area contributed by atoms with Crippen molar-refractivity contribution in [1.82, 2.24) is 4.90 Å². The minimum absolute atomic E-state index is 0.489. The summed E-state index contributed by atoms with van der Waals surface area (Å²) >= 11 is 0. The van der Waals surface area contributed by atoms with E-state index in [1.165, 1.54) is 18.4 Å². The van der Waals surface area contributed by atoms with Gasteiger partial charge in [-0.15, -0.1) is 0 Å². The molecule has 0 bridgehead atoms. The summed E-state index contributed by atoms with van der Waals surface area (Å²) in [4.78, 5) is 2.35. The first-order valence-electron chi connectivity index (χ1n) is 5.81. The second-order valence-electron chi connectivity index (χ2n) is 4.23. The Labute approximate surface area is 98.7 Å². The Morgan fingerprint density at radius 2 is 2.19 bits per heavy atom. The van der Waals surface area contributed by atoms with Gasteiger partial charge in [-0.1, -0.05) is 12.7 Å². The maximum absolute atomic E-state index is 5.24. The SMILES string of the molecule is C=C(/C(C)=C\COC)N1CCC[C@H]1COC. The van der Waals surface area contributed by atoms with Crippen LogP contribution in [-0.2, 0) is 9.47 Å². The number of methoxy groups -OCH3 is 2. The van der Waals surface area contributed by atoms with E-state index in [1.807, 2.05) is 0 Å². The molecule has 0 N–H and O–H groups in total. The normalized spacial score (nSPS) is 21.6. The van der Waals surface area contributed by atoms with E-state index in [-0.39, 0.29) is 0 Å². The van der Waals surface area contributed by atoms with Crippen molar-refractivity contribution in [2.24, 2.45) is 0 Å². The molecule has 3 nitrogen and oxygen atoms in total. The van der Waals surface area contributed by atoms with Crippen LogP contribution in [0.2, 0.25) is 0 Å². The van der Waals surface area contributed by atoms with Crippen LogP contribution in [-0.4, -0.2) is 44.9 Å². The third-order valence-corrected chi connectivity index (χ3v) is 3.09. The van der Waals surface area contributed by atoms with Crippen molar-refractivity contribution in [3.63, 3.8) is 0 Å². The quantitative estimate of drug-likeness (QED) is 0.647. The Morgan fingerprint density at radius 3 is 2.81 bits per heavy atom. The summed E-state index contributed by atoms with van der Waals surface area (Å²) < 4.78 is 10.3. The number of rotatable bonds is 6. The highest BCUT2D eigenvalue weighted by molar-refractivity contribution is 5.26. The van der Waals surface area contributed by atoms with E-state index in [0.717, 1.165) is 18.8 Å². The second-order valence-corrected chi connectivity index (χ2v) is 4.23. The van der Waals surface area contributed by atoms with Gasteiger partial charge in [-0.2, -0.15) is 0 Å². The van der Waals surface area contributed by atoms with Crippen molar-refractivity contribution in [2.45, 2.75) is 25.8 Å². The molecular formula is C13H23NO2. The van der Waals surface area contributed by atoms with Gasteiger partial charge < -0.3 is 14.4 Å². The maximum atomic E-state index is 5.24. The largest absolute Gasteiger partial charge is 0.383 e. The van der Waals surface area contributed by atoms with Gasteiger partial charge in [-0.05, 0) is 25.3 Å². The molecule has 0 saturated carbocycles. The van der Waals surface area contributed by atoms with Crippen LogP contribution in [0.3, 0.4) is 0 Å². The molecule has 0 aliphatic carbocycles. The van der Waals surface area contributed by atoms with Crippen molar-refractivity contribution >= 4 is 0 Å². The topological polar surface area (TPSA) is 21.7 Å². The van der Waals surface area contributed by atoms with Gasteiger partial charge in [0.25, 0.3) is 0 Å². The molecule has 1 fully saturated rings. The van der Waals surface area contributed by atoms with Crippen LogP contribution in [0.4, 0.5) is 0 Å². The van der Waals surface area contributed by atoms with Crippen LogP contribution in [0, 0.1) is 0 Å². The van der Waals surface area contributed by atoms with Crippen LogP contribution in [0.5, 0.6) is 0 Å². The molecule has 0 aromatic heterocycles. The predicted octanol–water partition coefficient (Wildman–Crippen LogP) is 2.20. The first kappa shape index (κ1) is 13.3. The minimum atomic E-state index is 0.489. The zero-order chi connectivity index (χ0) is 12.0. The van der Waals surface area contributed by atoms with Gasteiger partial charge in [0.15, 0.2) is 0 Å². The first-order chi connectivity index (χ1) is 7.70. The Morgan fingerprint density at radius 1 is 1.44 bits per heavy atom. The van der Waals surface area contributed by atoms with Crippen molar-refractivity contribution in [1.29, 1.82) is 0 Å². The van der Waals surface area contributed by atoms with Crippen LogP contribution in [0.15, 0.2) is 23.9 Å². The van der Waals surface area contributed by atoms with Gasteiger partial charge in [0.05, 0.1) is 19.3 Å². The molecule has 0 aromatic rings. The lowest BCUT2D eigenvalue weighted by Gasteiger charge is -2.28. The van der Waals surface area contributed by atoms with Crippen molar-refractivity contribution in [3.05, 3.63) is 23.9 Å². The average molecular weight is 225 g/mol. The molecule has 1 atom stereocenters. The van der Waals surface area contributed by atoms with Gasteiger partial charge in [0.1, 0.15) is 0 Å². The van der Waals surface area contributed by atoms with E-state index in [1.54, 1.807) is 14.2 Å². The molecule has 0 aromatic carbocycles. The van der Waals surface area contributed by atoms with Crippen LogP contribution < -0.4 is 0 Å². The summed E-state index contributed by atoms with van der Waals surface area (Å²) in [6.45, 7) is 8.78. The fourth-order valence-corrected chi connectivity index (χ4v) is 2.11. The van der Waals surface area contributed by atoms with E-state index in [2.05, 4.69) is 24.5 Å². The molecule has 1 saturated heterocycles. The third kappa shape index (κ3) is 3.35. The van der Waals surface area contributed by atoms with Crippen LogP contribution in [0.25, 0.3) is 0 Å². The molecule has 0 amide bonds. The molecule has 92 valence electrons. The highest BCUT2D eigenvalue weighted by atomic mass is 16.5. The Bertz CT molecular complexity index is 261. The molecule has 1 heterocycles. The zero-order valence-electron chi connectivity index (χ0n) is 10.7. The molecule has 1 rings (SSSR count). The van der Waals surface area contributed by atoms with Crippen LogP contribution >= 0.6 is 0 Å². The summed E-state index contributed by atoms with van der Waals surface area (Å²) in [6.07, 6.45) is 4.50. The lowest BCUT2D eigenvalue weighted by atomic mass is 10.1. The standard InChI is InChI=1S/C13H23NO2/c1-11(7-9-15-3)12(2)14-8-5-6-13(14)10-16-4/h7,13H,2,5-6,8-10H2,1,3-4H3/b11-7-/t13-/m0/s1. The summed E-state index contributed by atoms with van der Waals surface area (Å²) in [7, 11) is 3.46. The molecule has 0 unspecified atom stereocenters. The highest BCUT2D eigenvalue weighted by Crippen LogP contribution is 2.25. The fourth-order valence-electron chi connectivity index (χ4n) is 2.11. The van der Waals surface area contributed by atoms with Gasteiger partial charge >= 0.3 is 0 Å². The van der Waals surface area contributed by atoms with E-state index in [9.17, 15) is 0 Å². The lowest BCUT2D eigenvalue weighted by Crippen LogP contribution is -2.32. The molecule has 0 radical (unpaired) electrons. The third-order valence-electron chi connectivity index (χ3n) is 3.09. The van der Waals surface area contributed by atoms with Crippen molar-refractivity contribution < 1.29 is 9.47 Å². The number of hydrogen-bond acceptors (Lipinski definition) is 3. The number of ether oxygens (including phenoxy) is 2. The summed E-state index contributed by atoms with van der Waals surface area (Å²) in [5.74, 6) is 0. The first-order valence-corrected chi connectivity index (χ1v) is 5.81. The lowest BCUT2D eigenvalue weighted by molar-refractivity contribution is 0.133. The predicted molar refractivity (Wildman–Crippen MR) is 66.4 cm³/mol.